The van der Waals surface area contributed by atoms with Gasteiger partial charge in [-0.2, -0.15) is 30.3 Å². The Bertz CT molecular complexity index is 316. The molecule has 0 N–H and O–H groups in total. The van der Waals surface area contributed by atoms with Crippen LogP contribution in [-0.4, -0.2) is 23.1 Å². The second-order valence-electron chi connectivity index (χ2n) is 2.65. The summed E-state index contributed by atoms with van der Waals surface area (Å²) in [7, 11) is 0. The van der Waals surface area contributed by atoms with Crippen molar-refractivity contribution >= 4 is 23.1 Å². The minimum Gasteiger partial charge on any atom is -0.521 e. The minimum absolute atomic E-state index is 0. The van der Waals surface area contributed by atoms with Gasteiger partial charge in [0.2, 0.25) is 0 Å². The molecule has 0 bridgehead atoms. The van der Waals surface area contributed by atoms with Gasteiger partial charge in [-0.25, -0.2) is 0 Å². The Morgan fingerprint density at radius 1 is 0.800 bits per heavy atom. The molecule has 0 amide bonds. The SMILES string of the molecule is [CH-]=C.[Mg+2].[c-]1ccc(-c2ccccc2)cc1. The van der Waals surface area contributed by atoms with Crippen molar-refractivity contribution in [2.45, 2.75) is 0 Å². The molecule has 0 unspecified atom stereocenters. The van der Waals surface area contributed by atoms with Crippen LogP contribution < -0.4 is 0 Å². The molecule has 1 heteroatoms. The van der Waals surface area contributed by atoms with Crippen molar-refractivity contribution in [2.24, 2.45) is 0 Å². The molecule has 2 aromatic carbocycles. The van der Waals surface area contributed by atoms with Gasteiger partial charge >= 0.3 is 23.1 Å². The van der Waals surface area contributed by atoms with E-state index in [1.807, 2.05) is 30.3 Å². The molecular weight excluding hydrogens is 192 g/mol. The molecule has 0 aliphatic heterocycles. The summed E-state index contributed by atoms with van der Waals surface area (Å²) in [6, 6.07) is 21.3. The van der Waals surface area contributed by atoms with Gasteiger partial charge in [-0.1, -0.05) is 30.3 Å². The van der Waals surface area contributed by atoms with Crippen LogP contribution in [0.5, 0.6) is 0 Å². The Labute approximate surface area is 108 Å². The summed E-state index contributed by atoms with van der Waals surface area (Å²) >= 11 is 0. The molecule has 2 aromatic rings. The van der Waals surface area contributed by atoms with E-state index < -0.39 is 0 Å². The van der Waals surface area contributed by atoms with E-state index in [1.165, 1.54) is 11.1 Å². The van der Waals surface area contributed by atoms with Gasteiger partial charge in [-0.3, -0.25) is 6.58 Å². The van der Waals surface area contributed by atoms with Crippen molar-refractivity contribution in [3.8, 4) is 11.1 Å². The van der Waals surface area contributed by atoms with Crippen molar-refractivity contribution in [1.82, 2.24) is 0 Å². The third-order valence-electron chi connectivity index (χ3n) is 1.83. The first-order valence-electron chi connectivity index (χ1n) is 4.39. The maximum absolute atomic E-state index is 4.25. The Morgan fingerprint density at radius 2 is 1.27 bits per heavy atom. The Balaban J connectivity index is 0.000000617. The predicted octanol–water partition coefficient (Wildman–Crippen LogP) is 3.38. The zero-order valence-electron chi connectivity index (χ0n) is 8.69. The van der Waals surface area contributed by atoms with Gasteiger partial charge in [-0.15, -0.1) is 5.56 Å². The van der Waals surface area contributed by atoms with Gasteiger partial charge in [0.25, 0.3) is 0 Å². The Kier molecular flexibility index (Phi) is 7.69. The van der Waals surface area contributed by atoms with Crippen LogP contribution in [0.2, 0.25) is 0 Å². The van der Waals surface area contributed by atoms with Crippen LogP contribution in [-0.2, 0) is 0 Å². The Morgan fingerprint density at radius 3 is 1.80 bits per heavy atom. The molecule has 0 atom stereocenters. The summed E-state index contributed by atoms with van der Waals surface area (Å²) in [4.78, 5) is 0. The summed E-state index contributed by atoms with van der Waals surface area (Å²) in [5, 5.41) is 0. The first-order chi connectivity index (χ1) is 6.97. The molecule has 70 valence electrons. The summed E-state index contributed by atoms with van der Waals surface area (Å²) in [6.07, 6.45) is 0. The van der Waals surface area contributed by atoms with Gasteiger partial charge in [0.15, 0.2) is 0 Å². The number of benzene rings is 2. The molecular formula is C14H12Mg. The maximum Gasteiger partial charge on any atom is 2.00 e. The van der Waals surface area contributed by atoms with Crippen LogP contribution in [0.15, 0.2) is 61.2 Å². The number of hydrogen-bond acceptors (Lipinski definition) is 0. The van der Waals surface area contributed by atoms with Gasteiger partial charge in [0.1, 0.15) is 0 Å². The smallest absolute Gasteiger partial charge is 0.521 e. The van der Waals surface area contributed by atoms with E-state index in [2.05, 4.69) is 43.5 Å². The van der Waals surface area contributed by atoms with E-state index >= 15 is 0 Å². The van der Waals surface area contributed by atoms with E-state index in [1.54, 1.807) is 0 Å². The van der Waals surface area contributed by atoms with E-state index in [9.17, 15) is 0 Å². The summed E-state index contributed by atoms with van der Waals surface area (Å²) in [5.41, 5.74) is 2.50. The van der Waals surface area contributed by atoms with E-state index in [-0.39, 0.29) is 23.1 Å². The van der Waals surface area contributed by atoms with Crippen LogP contribution in [0.1, 0.15) is 0 Å². The Hall–Kier alpha value is -1.05. The molecule has 0 aliphatic carbocycles. The fourth-order valence-electron chi connectivity index (χ4n) is 1.21. The topological polar surface area (TPSA) is 0 Å². The summed E-state index contributed by atoms with van der Waals surface area (Å²) in [5.74, 6) is 0. The largest absolute Gasteiger partial charge is 2.00 e. The fraction of sp³-hybridized carbons (Fsp3) is 0. The second kappa shape index (κ2) is 8.27. The molecule has 0 heterocycles. The standard InChI is InChI=1S/C12H9.C2H3.Mg/c1-3-7-11(8-4-1)12-9-5-2-6-10-12;1-2;/h1,3-10H;1H,2H2;/q2*-1;+2. The molecule has 0 radical (unpaired) electrons. The third kappa shape index (κ3) is 4.32. The van der Waals surface area contributed by atoms with Crippen LogP contribution >= 0.6 is 0 Å². The molecule has 0 aromatic heterocycles. The zero-order chi connectivity index (χ0) is 10.2. The maximum atomic E-state index is 4.25. The average Bonchev–Trinajstić information content (AvgIpc) is 2.34. The minimum atomic E-state index is 0. The van der Waals surface area contributed by atoms with Crippen molar-refractivity contribution in [1.29, 1.82) is 0 Å². The van der Waals surface area contributed by atoms with Crippen LogP contribution in [0, 0.1) is 12.6 Å². The van der Waals surface area contributed by atoms with Crippen molar-refractivity contribution in [3.63, 3.8) is 0 Å². The van der Waals surface area contributed by atoms with Gasteiger partial charge < -0.3 is 6.58 Å². The molecule has 15 heavy (non-hydrogen) atoms. The quantitative estimate of drug-likeness (QED) is 0.494. The average molecular weight is 205 g/mol. The second-order valence-corrected chi connectivity index (χ2v) is 2.65. The van der Waals surface area contributed by atoms with Crippen LogP contribution in [0.3, 0.4) is 0 Å². The number of hydrogen-bond donors (Lipinski definition) is 0. The van der Waals surface area contributed by atoms with E-state index in [0.717, 1.165) is 0 Å². The van der Waals surface area contributed by atoms with Crippen LogP contribution in [0.4, 0.5) is 0 Å². The molecule has 0 saturated heterocycles. The molecule has 0 spiro atoms. The predicted molar refractivity (Wildman–Crippen MR) is 66.4 cm³/mol. The van der Waals surface area contributed by atoms with Gasteiger partial charge in [0.05, 0.1) is 0 Å². The molecule has 0 fully saturated rings. The fourth-order valence-corrected chi connectivity index (χ4v) is 1.21. The molecule has 2 rings (SSSR count). The first kappa shape index (κ1) is 13.9. The van der Waals surface area contributed by atoms with Gasteiger partial charge in [0, 0.05) is 0 Å². The normalized spacial score (nSPS) is 8.00. The van der Waals surface area contributed by atoms with Crippen molar-refractivity contribution < 1.29 is 0 Å². The van der Waals surface area contributed by atoms with Crippen molar-refractivity contribution in [3.05, 3.63) is 73.8 Å². The summed E-state index contributed by atoms with van der Waals surface area (Å²) in [6.45, 7) is 7.00. The molecule has 0 nitrogen and oxygen atoms in total. The third-order valence-corrected chi connectivity index (χ3v) is 1.83. The molecule has 0 aliphatic rings. The number of rotatable bonds is 1. The monoisotopic (exact) mass is 204 g/mol. The van der Waals surface area contributed by atoms with E-state index in [4.69, 9.17) is 0 Å². The molecule has 0 saturated carbocycles. The van der Waals surface area contributed by atoms with Crippen LogP contribution in [0.25, 0.3) is 11.1 Å². The summed E-state index contributed by atoms with van der Waals surface area (Å²) < 4.78 is 0. The van der Waals surface area contributed by atoms with E-state index in [0.29, 0.717) is 0 Å². The zero-order valence-corrected chi connectivity index (χ0v) is 10.1. The van der Waals surface area contributed by atoms with Crippen molar-refractivity contribution in [2.75, 3.05) is 0 Å². The van der Waals surface area contributed by atoms with Gasteiger partial charge in [-0.05, 0) is 5.56 Å². The first-order valence-corrected chi connectivity index (χ1v) is 4.39.